The molecule has 2 heterocycles. The van der Waals surface area contributed by atoms with Crippen LogP contribution in [0.3, 0.4) is 0 Å². The van der Waals surface area contributed by atoms with Gasteiger partial charge in [-0.25, -0.2) is 0 Å². The van der Waals surface area contributed by atoms with Gasteiger partial charge >= 0.3 is 5.97 Å². The van der Waals surface area contributed by atoms with Crippen molar-refractivity contribution in [1.82, 2.24) is 60.5 Å². The van der Waals surface area contributed by atoms with Crippen molar-refractivity contribution in [3.05, 3.63) is 71.8 Å². The van der Waals surface area contributed by atoms with E-state index in [-0.39, 0.29) is 68.1 Å². The van der Waals surface area contributed by atoms with Crippen molar-refractivity contribution >= 4 is 70.9 Å². The molecule has 104 heavy (non-hydrogen) atoms. The lowest BCUT2D eigenvalue weighted by atomic mass is 9.95. The van der Waals surface area contributed by atoms with E-state index in [0.717, 1.165) is 32.1 Å². The summed E-state index contributed by atoms with van der Waals surface area (Å²) in [7, 11) is 11.9. The Balaban J connectivity index is 1.71. The van der Waals surface area contributed by atoms with Gasteiger partial charge in [0.15, 0.2) is 6.29 Å². The number of likely N-dealkylation sites (tertiary alicyclic amines) is 1. The smallest absolute Gasteiger partial charge is 0.305 e. The van der Waals surface area contributed by atoms with Gasteiger partial charge in [-0.1, -0.05) is 122 Å². The van der Waals surface area contributed by atoms with E-state index in [2.05, 4.69) is 21.3 Å². The highest BCUT2D eigenvalue weighted by molar-refractivity contribution is 5.99. The average molecular weight is 1460 g/mol. The fourth-order valence-electron chi connectivity index (χ4n) is 13.2. The van der Waals surface area contributed by atoms with Gasteiger partial charge in [0.1, 0.15) is 60.4 Å². The zero-order valence-electron chi connectivity index (χ0n) is 65.5. The molecule has 2 aliphatic heterocycles. The number of carboxylic acid groups (broad SMARTS) is 1. The summed E-state index contributed by atoms with van der Waals surface area (Å²) in [4.78, 5) is 185. The second-order valence-electron chi connectivity index (χ2n) is 29.8. The Bertz CT molecular complexity index is 3150. The number of amides is 11. The van der Waals surface area contributed by atoms with Gasteiger partial charge < -0.3 is 75.0 Å². The highest BCUT2D eigenvalue weighted by atomic mass is 16.7. The maximum atomic E-state index is 15.7. The first-order chi connectivity index (χ1) is 49.0. The van der Waals surface area contributed by atoms with Crippen LogP contribution < -0.4 is 21.3 Å². The van der Waals surface area contributed by atoms with E-state index >= 15 is 24.0 Å². The van der Waals surface area contributed by atoms with Gasteiger partial charge in [0.2, 0.25) is 65.0 Å². The summed E-state index contributed by atoms with van der Waals surface area (Å²) in [6, 6.07) is 5.32. The van der Waals surface area contributed by atoms with Crippen LogP contribution in [0.25, 0.3) is 0 Å². The summed E-state index contributed by atoms with van der Waals surface area (Å²) in [5, 5.41) is 21.4. The Labute approximate surface area is 617 Å². The molecular weight excluding hydrogens is 1330 g/mol. The molecule has 6 unspecified atom stereocenters. The first-order valence-electron chi connectivity index (χ1n) is 37.3. The Morgan fingerprint density at radius 1 is 0.510 bits per heavy atom. The average Bonchev–Trinajstić information content (AvgIpc) is 0.792. The first-order valence-corrected chi connectivity index (χ1v) is 37.3. The Hall–Kier alpha value is -8.04. The highest BCUT2D eigenvalue weighted by Crippen LogP contribution is 2.26. The molecule has 5 N–H and O–H groups in total. The van der Waals surface area contributed by atoms with Crippen LogP contribution in [0.4, 0.5) is 0 Å². The number of nitrogens with one attached hydrogen (secondary N) is 4. The van der Waals surface area contributed by atoms with Crippen LogP contribution >= 0.6 is 0 Å². The number of carbonyl (C=O) groups excluding carboxylic acids is 11. The second kappa shape index (κ2) is 42.8. The largest absolute Gasteiger partial charge is 0.481 e. The van der Waals surface area contributed by atoms with Gasteiger partial charge in [-0.05, 0) is 120 Å². The fourth-order valence-corrected chi connectivity index (χ4v) is 13.2. The molecule has 0 spiro atoms. The lowest BCUT2D eigenvalue weighted by Crippen LogP contribution is -2.63. The number of carboxylic acids is 1. The minimum Gasteiger partial charge on any atom is -0.481 e. The number of nitrogens with zero attached hydrogens (tertiary/aromatic N) is 8. The SMILES string of the molecule is CC[C@H](C)C(NC(=O)CCNC)C(=O)N(C)[C@@H](CC(C)C)C(=O)N(C)[C@@H](C)C(=O)N(C)C(CC(C)C)C(=O)N[C@H](C(=O)N(C)[C@@H](Cc1ccccc1)C(=O)N(C)[C@@H](C)C(=O)N(C)C(CC(C)C)C(=O)N(C)C(Cc1ccccc1)C(=O)NC(CC(=O)O)C(=O)N1CCCCC1)[C@@H](C)OC1CCCCO1. The van der Waals surface area contributed by atoms with Crippen LogP contribution in [0.15, 0.2) is 60.7 Å². The van der Waals surface area contributed by atoms with Gasteiger partial charge in [0, 0.05) is 94.8 Å². The molecule has 27 nitrogen and oxygen atoms in total. The number of aliphatic carboxylic acids is 1. The third-order valence-electron chi connectivity index (χ3n) is 20.3. The standard InChI is InChI=1S/C77H124N12O15/c1-20-51(8)66(80-63(90)37-38-78-12)76(101)87(18)60(43-49(4)5)73(98)82(13)52(9)70(95)84(15)58(42-48(2)3)69(94)81-67(54(11)104-65-36-28-31-41-103-65)77(102)88(19)62(46-56-34-26-22-27-35-56)74(99)83(14)53(10)71(96)86(17)61(44-50(6)7)75(100)85(16)59(45-55-32-24-21-25-33-55)68(93)79-57(47-64(91)92)72(97)89-39-29-23-30-40-89/h21-22,24-27,32-35,48-54,57-62,65-67,78H,20,23,28-31,36-47H2,1-19H3,(H,79,93)(H,80,90)(H,81,94)(H,91,92)/t51-,52-,53-,54+,57?,58?,59?,60-,61?,62-,65?,66?,67-/m0/s1. The summed E-state index contributed by atoms with van der Waals surface area (Å²) in [6.07, 6.45) is 2.86. The third-order valence-corrected chi connectivity index (χ3v) is 20.3. The minimum absolute atomic E-state index is 0.0346. The monoisotopic (exact) mass is 1460 g/mol. The van der Waals surface area contributed by atoms with E-state index in [9.17, 15) is 38.7 Å². The molecule has 2 aromatic carbocycles. The molecule has 0 aliphatic carbocycles. The highest BCUT2D eigenvalue weighted by Gasteiger charge is 2.45. The van der Waals surface area contributed by atoms with E-state index in [1.165, 1.54) is 97.5 Å². The lowest BCUT2D eigenvalue weighted by Gasteiger charge is -2.40. The molecule has 2 saturated heterocycles. The zero-order chi connectivity index (χ0) is 78.0. The van der Waals surface area contributed by atoms with Crippen LogP contribution in [0.1, 0.15) is 164 Å². The lowest BCUT2D eigenvalue weighted by molar-refractivity contribution is -0.193. The molecule has 2 aromatic rings. The number of benzene rings is 2. The van der Waals surface area contributed by atoms with Crippen LogP contribution in [-0.2, 0) is 79.8 Å². The van der Waals surface area contributed by atoms with Crippen LogP contribution in [0.2, 0.25) is 0 Å². The number of hydrogen-bond donors (Lipinski definition) is 5. The van der Waals surface area contributed by atoms with E-state index < -0.39 is 144 Å². The van der Waals surface area contributed by atoms with Crippen molar-refractivity contribution in [2.45, 2.75) is 239 Å². The van der Waals surface area contributed by atoms with Crippen molar-refractivity contribution in [2.75, 3.05) is 82.6 Å². The van der Waals surface area contributed by atoms with Crippen molar-refractivity contribution < 1.29 is 72.1 Å². The van der Waals surface area contributed by atoms with E-state index in [0.29, 0.717) is 50.2 Å². The summed E-state index contributed by atoms with van der Waals surface area (Å²) in [6.45, 7) is 21.3. The van der Waals surface area contributed by atoms with Crippen LogP contribution in [0.5, 0.6) is 0 Å². The molecule has 0 radical (unpaired) electrons. The van der Waals surface area contributed by atoms with E-state index in [1.807, 2.05) is 55.4 Å². The first kappa shape index (κ1) is 88.4. The van der Waals surface area contributed by atoms with Gasteiger partial charge in [0.25, 0.3) is 0 Å². The molecule has 27 heteroatoms. The predicted molar refractivity (Wildman–Crippen MR) is 397 cm³/mol. The second-order valence-corrected chi connectivity index (χ2v) is 29.8. The van der Waals surface area contributed by atoms with E-state index in [4.69, 9.17) is 9.47 Å². The summed E-state index contributed by atoms with van der Waals surface area (Å²) in [5.41, 5.74) is 1.30. The van der Waals surface area contributed by atoms with Crippen molar-refractivity contribution in [3.63, 3.8) is 0 Å². The van der Waals surface area contributed by atoms with E-state index in [1.54, 1.807) is 79.5 Å². The minimum atomic E-state index is -1.53. The summed E-state index contributed by atoms with van der Waals surface area (Å²) in [5.74, 6) is -8.78. The molecule has 2 aliphatic rings. The van der Waals surface area contributed by atoms with Crippen LogP contribution in [-0.4, -0.2) is 271 Å². The van der Waals surface area contributed by atoms with Crippen molar-refractivity contribution in [1.29, 1.82) is 0 Å². The Kier molecular flexibility index (Phi) is 36.4. The predicted octanol–water partition coefficient (Wildman–Crippen LogP) is 4.97. The number of ether oxygens (including phenoxy) is 2. The third kappa shape index (κ3) is 25.6. The normalized spacial score (nSPS) is 17.4. The van der Waals surface area contributed by atoms with Crippen molar-refractivity contribution in [2.24, 2.45) is 23.7 Å². The molecule has 4 rings (SSSR count). The number of carbonyl (C=O) groups is 12. The van der Waals surface area contributed by atoms with Gasteiger partial charge in [-0.3, -0.25) is 57.5 Å². The molecule has 0 saturated carbocycles. The number of rotatable bonds is 40. The number of hydrogen-bond acceptors (Lipinski definition) is 15. The number of likely N-dealkylation sites (N-methyl/N-ethyl adjacent to an activating group) is 7. The van der Waals surface area contributed by atoms with Gasteiger partial charge in [-0.2, -0.15) is 0 Å². The fraction of sp³-hybridized carbons (Fsp3) is 0.688. The molecule has 11 amide bonds. The summed E-state index contributed by atoms with van der Waals surface area (Å²) < 4.78 is 12.4. The molecule has 2 fully saturated rings. The van der Waals surface area contributed by atoms with Gasteiger partial charge in [-0.15, -0.1) is 0 Å². The topological polar surface area (TPSA) is 318 Å². The quantitative estimate of drug-likeness (QED) is 0.0588. The molecule has 0 bridgehead atoms. The Morgan fingerprint density at radius 3 is 1.41 bits per heavy atom. The molecule has 0 aromatic heterocycles. The maximum Gasteiger partial charge on any atom is 0.305 e. The van der Waals surface area contributed by atoms with Crippen LogP contribution in [0, 0.1) is 23.7 Å². The maximum absolute atomic E-state index is 15.7. The Morgan fingerprint density at radius 2 is 0.942 bits per heavy atom. The number of piperidine rings is 1. The van der Waals surface area contributed by atoms with Gasteiger partial charge in [0.05, 0.1) is 12.5 Å². The molecule has 13 atom stereocenters. The van der Waals surface area contributed by atoms with Crippen molar-refractivity contribution in [3.8, 4) is 0 Å². The zero-order valence-corrected chi connectivity index (χ0v) is 65.5. The summed E-state index contributed by atoms with van der Waals surface area (Å²) >= 11 is 0. The molecule has 582 valence electrons. The molecular formula is C77H124N12O15.